The Kier molecular flexibility index (Phi) is 4.60. The fourth-order valence-electron chi connectivity index (χ4n) is 2.85. The van der Waals surface area contributed by atoms with E-state index in [1.54, 1.807) is 10.4 Å². The Balaban J connectivity index is 2.06. The lowest BCUT2D eigenvalue weighted by atomic mass is 9.80. The van der Waals surface area contributed by atoms with Crippen LogP contribution in [0.5, 0.6) is 0 Å². The number of rotatable bonds is 5. The summed E-state index contributed by atoms with van der Waals surface area (Å²) in [7, 11) is 0. The summed E-state index contributed by atoms with van der Waals surface area (Å²) in [5, 5.41) is 2.24. The predicted octanol–water partition coefficient (Wildman–Crippen LogP) is 3.44. The Labute approximate surface area is 109 Å². The van der Waals surface area contributed by atoms with Crippen molar-refractivity contribution < 1.29 is 0 Å². The lowest BCUT2D eigenvalue weighted by Crippen LogP contribution is -2.40. The third-order valence-corrected chi connectivity index (χ3v) is 4.85. The molecule has 2 nitrogen and oxygen atoms in total. The molecule has 2 atom stereocenters. The van der Waals surface area contributed by atoms with E-state index in [4.69, 9.17) is 5.84 Å². The Hall–Kier alpha value is -0.380. The van der Waals surface area contributed by atoms with Crippen LogP contribution in [-0.4, -0.2) is 6.04 Å². The molecular weight excluding hydrogens is 228 g/mol. The van der Waals surface area contributed by atoms with Crippen molar-refractivity contribution in [3.63, 3.8) is 0 Å². The zero-order valence-electron chi connectivity index (χ0n) is 10.9. The van der Waals surface area contributed by atoms with Crippen LogP contribution in [0.1, 0.15) is 55.9 Å². The largest absolute Gasteiger partial charge is 0.271 e. The van der Waals surface area contributed by atoms with Crippen LogP contribution < -0.4 is 11.3 Å². The van der Waals surface area contributed by atoms with Gasteiger partial charge >= 0.3 is 0 Å². The van der Waals surface area contributed by atoms with E-state index in [2.05, 4.69) is 30.7 Å². The zero-order valence-corrected chi connectivity index (χ0v) is 11.7. The second-order valence-corrected chi connectivity index (χ2v) is 6.54. The number of thiophene rings is 1. The summed E-state index contributed by atoms with van der Waals surface area (Å²) < 4.78 is 0. The van der Waals surface area contributed by atoms with Crippen LogP contribution in [0.3, 0.4) is 0 Å². The van der Waals surface area contributed by atoms with Gasteiger partial charge in [0.1, 0.15) is 0 Å². The predicted molar refractivity (Wildman–Crippen MR) is 75.2 cm³/mol. The summed E-state index contributed by atoms with van der Waals surface area (Å²) in [6, 6.07) is 2.76. The van der Waals surface area contributed by atoms with E-state index in [-0.39, 0.29) is 0 Å². The molecular formula is C14H24N2S. The second kappa shape index (κ2) is 5.98. The van der Waals surface area contributed by atoms with Gasteiger partial charge in [-0.15, -0.1) is 11.3 Å². The third kappa shape index (κ3) is 3.09. The molecule has 0 radical (unpaired) electrons. The lowest BCUT2D eigenvalue weighted by molar-refractivity contribution is 0.355. The number of fused-ring (bicyclic) bond motifs is 1. The monoisotopic (exact) mass is 252 g/mol. The SMILES string of the molecule is CC(C)CCC(NN)C1CCCc2sccc21. The van der Waals surface area contributed by atoms with Gasteiger partial charge in [-0.2, -0.15) is 0 Å². The minimum Gasteiger partial charge on any atom is -0.271 e. The smallest absolute Gasteiger partial charge is 0.0279 e. The van der Waals surface area contributed by atoms with E-state index >= 15 is 0 Å². The average Bonchev–Trinajstić information content (AvgIpc) is 2.78. The Morgan fingerprint density at radius 2 is 2.29 bits per heavy atom. The molecule has 0 aliphatic heterocycles. The first kappa shape index (κ1) is 13.1. The highest BCUT2D eigenvalue weighted by Gasteiger charge is 2.27. The first-order valence-electron chi connectivity index (χ1n) is 6.74. The summed E-state index contributed by atoms with van der Waals surface area (Å²) >= 11 is 1.91. The first-order valence-corrected chi connectivity index (χ1v) is 7.62. The van der Waals surface area contributed by atoms with Gasteiger partial charge in [0, 0.05) is 16.8 Å². The van der Waals surface area contributed by atoms with Crippen molar-refractivity contribution in [2.24, 2.45) is 11.8 Å². The molecule has 0 aromatic carbocycles. The van der Waals surface area contributed by atoms with Gasteiger partial charge < -0.3 is 0 Å². The number of hydrogen-bond acceptors (Lipinski definition) is 3. The van der Waals surface area contributed by atoms with Gasteiger partial charge in [0.25, 0.3) is 0 Å². The van der Waals surface area contributed by atoms with Gasteiger partial charge in [0.05, 0.1) is 0 Å². The van der Waals surface area contributed by atoms with Crippen LogP contribution in [0.15, 0.2) is 11.4 Å². The molecule has 0 bridgehead atoms. The molecule has 1 aromatic heterocycles. The minimum atomic E-state index is 0.450. The third-order valence-electron chi connectivity index (χ3n) is 3.85. The van der Waals surface area contributed by atoms with Crippen molar-refractivity contribution in [1.82, 2.24) is 5.43 Å². The number of nitrogens with one attached hydrogen (secondary N) is 1. The summed E-state index contributed by atoms with van der Waals surface area (Å²) in [6.45, 7) is 4.56. The molecule has 0 saturated carbocycles. The average molecular weight is 252 g/mol. The molecule has 0 fully saturated rings. The molecule has 1 heterocycles. The van der Waals surface area contributed by atoms with Crippen molar-refractivity contribution in [2.45, 2.75) is 57.9 Å². The van der Waals surface area contributed by atoms with Crippen LogP contribution in [0, 0.1) is 5.92 Å². The standard InChI is InChI=1S/C14H24N2S/c1-10(2)6-7-13(16-15)11-4-3-5-14-12(11)8-9-17-14/h8-11,13,16H,3-7,15H2,1-2H3. The minimum absolute atomic E-state index is 0.450. The van der Waals surface area contributed by atoms with Crippen molar-refractivity contribution in [1.29, 1.82) is 0 Å². The first-order chi connectivity index (χ1) is 8.22. The summed E-state index contributed by atoms with van der Waals surface area (Å²) in [5.74, 6) is 7.16. The Morgan fingerprint density at radius 1 is 1.47 bits per heavy atom. The molecule has 0 spiro atoms. The molecule has 1 aliphatic carbocycles. The lowest BCUT2D eigenvalue weighted by Gasteiger charge is -2.30. The molecule has 3 N–H and O–H groups in total. The highest BCUT2D eigenvalue weighted by atomic mass is 32.1. The van der Waals surface area contributed by atoms with E-state index in [1.165, 1.54) is 32.1 Å². The number of aryl methyl sites for hydroxylation is 1. The molecule has 3 heteroatoms. The quantitative estimate of drug-likeness (QED) is 0.622. The fourth-order valence-corrected chi connectivity index (χ4v) is 3.85. The Bertz CT molecular complexity index is 346. The van der Waals surface area contributed by atoms with Crippen LogP contribution in [0.25, 0.3) is 0 Å². The topological polar surface area (TPSA) is 38.0 Å². The maximum Gasteiger partial charge on any atom is 0.0279 e. The number of hydrazine groups is 1. The summed E-state index contributed by atoms with van der Waals surface area (Å²) in [6.07, 6.45) is 6.32. The number of hydrogen-bond donors (Lipinski definition) is 2. The van der Waals surface area contributed by atoms with Gasteiger partial charge in [0.2, 0.25) is 0 Å². The summed E-state index contributed by atoms with van der Waals surface area (Å²) in [5.41, 5.74) is 4.63. The van der Waals surface area contributed by atoms with Gasteiger partial charge in [-0.3, -0.25) is 11.3 Å². The van der Waals surface area contributed by atoms with Crippen LogP contribution in [0.4, 0.5) is 0 Å². The second-order valence-electron chi connectivity index (χ2n) is 5.54. The molecule has 1 aliphatic rings. The van der Waals surface area contributed by atoms with Crippen molar-refractivity contribution in [2.75, 3.05) is 0 Å². The highest BCUT2D eigenvalue weighted by molar-refractivity contribution is 7.10. The molecule has 2 rings (SSSR count). The van der Waals surface area contributed by atoms with Crippen molar-refractivity contribution in [3.05, 3.63) is 21.9 Å². The fraction of sp³-hybridized carbons (Fsp3) is 0.714. The van der Waals surface area contributed by atoms with Gasteiger partial charge in [0.15, 0.2) is 0 Å². The number of nitrogens with two attached hydrogens (primary N) is 1. The van der Waals surface area contributed by atoms with Crippen LogP contribution >= 0.6 is 11.3 Å². The van der Waals surface area contributed by atoms with Gasteiger partial charge in [-0.1, -0.05) is 13.8 Å². The van der Waals surface area contributed by atoms with E-state index in [9.17, 15) is 0 Å². The summed E-state index contributed by atoms with van der Waals surface area (Å²) in [4.78, 5) is 1.59. The molecule has 96 valence electrons. The van der Waals surface area contributed by atoms with E-state index in [0.29, 0.717) is 12.0 Å². The van der Waals surface area contributed by atoms with Crippen molar-refractivity contribution in [3.8, 4) is 0 Å². The normalized spacial score (nSPS) is 21.5. The molecule has 2 unspecified atom stereocenters. The highest BCUT2D eigenvalue weighted by Crippen LogP contribution is 2.38. The van der Waals surface area contributed by atoms with Crippen LogP contribution in [0.2, 0.25) is 0 Å². The van der Waals surface area contributed by atoms with Crippen LogP contribution in [-0.2, 0) is 6.42 Å². The van der Waals surface area contributed by atoms with E-state index in [0.717, 1.165) is 5.92 Å². The molecule has 17 heavy (non-hydrogen) atoms. The van der Waals surface area contributed by atoms with E-state index < -0.39 is 0 Å². The van der Waals surface area contributed by atoms with Gasteiger partial charge in [-0.05, 0) is 55.0 Å². The van der Waals surface area contributed by atoms with E-state index in [1.807, 2.05) is 11.3 Å². The molecule has 0 saturated heterocycles. The maximum atomic E-state index is 5.77. The molecule has 1 aromatic rings. The maximum absolute atomic E-state index is 5.77. The molecule has 0 amide bonds. The van der Waals surface area contributed by atoms with Gasteiger partial charge in [-0.25, -0.2) is 0 Å². The zero-order chi connectivity index (χ0) is 12.3. The van der Waals surface area contributed by atoms with Crippen molar-refractivity contribution >= 4 is 11.3 Å². The Morgan fingerprint density at radius 3 is 3.00 bits per heavy atom.